The number of halogens is 1. The molecule has 4 aromatic rings. The van der Waals surface area contributed by atoms with Crippen molar-refractivity contribution in [3.8, 4) is 0 Å². The lowest BCUT2D eigenvalue weighted by Gasteiger charge is -2.52. The van der Waals surface area contributed by atoms with E-state index < -0.39 is 0 Å². The van der Waals surface area contributed by atoms with Crippen LogP contribution in [0.2, 0.25) is 0 Å². The second-order valence-corrected chi connectivity index (χ2v) is 11.3. The Hall–Kier alpha value is -3.44. The van der Waals surface area contributed by atoms with Gasteiger partial charge in [0.25, 0.3) is 0 Å². The van der Waals surface area contributed by atoms with Gasteiger partial charge in [-0.2, -0.15) is 0 Å². The van der Waals surface area contributed by atoms with Gasteiger partial charge < -0.3 is 14.8 Å². The molecule has 5 heteroatoms. The van der Waals surface area contributed by atoms with Crippen LogP contribution < -0.4 is 0 Å². The summed E-state index contributed by atoms with van der Waals surface area (Å²) in [4.78, 5) is 22.2. The topological polar surface area (TPSA) is 39.3 Å². The number of rotatable bonds is 5. The average Bonchev–Trinajstić information content (AvgIpc) is 3.32. The number of hydrogen-bond acceptors (Lipinski definition) is 2. The van der Waals surface area contributed by atoms with Crippen molar-refractivity contribution in [1.82, 2.24) is 14.8 Å². The fourth-order valence-corrected chi connectivity index (χ4v) is 7.26. The largest absolute Gasteiger partial charge is 0.356 e. The summed E-state index contributed by atoms with van der Waals surface area (Å²) in [6.45, 7) is 0.718. The number of aromatic nitrogens is 1. The number of carbonyl (C=O) groups excluding carboxylic acids is 1. The van der Waals surface area contributed by atoms with Crippen LogP contribution in [0.15, 0.2) is 78.9 Å². The molecule has 1 spiro atoms. The molecule has 1 atom stereocenters. The van der Waals surface area contributed by atoms with E-state index in [1.165, 1.54) is 34.3 Å². The molecule has 2 heterocycles. The maximum atomic E-state index is 13.9. The Balaban J connectivity index is 1.35. The lowest BCUT2D eigenvalue weighted by Crippen LogP contribution is -2.56. The quantitative estimate of drug-likeness (QED) is 0.328. The van der Waals surface area contributed by atoms with E-state index >= 15 is 0 Å². The number of hydrogen-bond donors (Lipinski definition) is 1. The highest BCUT2D eigenvalue weighted by atomic mass is 19.1. The van der Waals surface area contributed by atoms with Gasteiger partial charge in [-0.3, -0.25) is 4.79 Å². The second-order valence-electron chi connectivity index (χ2n) is 11.3. The van der Waals surface area contributed by atoms with E-state index in [0.29, 0.717) is 18.4 Å². The monoisotopic (exact) mass is 509 g/mol. The first-order valence-corrected chi connectivity index (χ1v) is 13.8. The fraction of sp³-hybridized carbons (Fsp3) is 0.364. The molecular formula is C33H36FN3O. The van der Waals surface area contributed by atoms with Crippen LogP contribution in [0.5, 0.6) is 0 Å². The number of carbonyl (C=O) groups is 1. The molecule has 38 heavy (non-hydrogen) atoms. The van der Waals surface area contributed by atoms with Gasteiger partial charge in [-0.15, -0.1) is 0 Å². The van der Waals surface area contributed by atoms with E-state index in [9.17, 15) is 9.18 Å². The first kappa shape index (κ1) is 24.9. The van der Waals surface area contributed by atoms with Crippen LogP contribution in [-0.4, -0.2) is 41.3 Å². The highest BCUT2D eigenvalue weighted by molar-refractivity contribution is 5.87. The SMILES string of the molecule is CN(C)C(c1ccccc1)C1CCC2(CC1)c1[nH]c3ccccc3c1CCN2C(=O)Cc1ccc(F)cc1. The number of amides is 1. The number of H-pyrrole nitrogens is 1. The third-order valence-electron chi connectivity index (χ3n) is 8.95. The summed E-state index contributed by atoms with van der Waals surface area (Å²) < 4.78 is 13.5. The van der Waals surface area contributed by atoms with Gasteiger partial charge in [-0.1, -0.05) is 60.7 Å². The van der Waals surface area contributed by atoms with Crippen molar-refractivity contribution < 1.29 is 9.18 Å². The lowest BCUT2D eigenvalue weighted by atomic mass is 9.68. The average molecular weight is 510 g/mol. The molecule has 0 saturated heterocycles. The molecule has 1 N–H and O–H groups in total. The van der Waals surface area contributed by atoms with E-state index in [2.05, 4.69) is 83.5 Å². The highest BCUT2D eigenvalue weighted by Crippen LogP contribution is 2.51. The Morgan fingerprint density at radius 3 is 2.39 bits per heavy atom. The van der Waals surface area contributed by atoms with E-state index in [4.69, 9.17) is 0 Å². The van der Waals surface area contributed by atoms with Gasteiger partial charge in [0.15, 0.2) is 0 Å². The third kappa shape index (κ3) is 4.33. The molecule has 196 valence electrons. The predicted molar refractivity (Wildman–Crippen MR) is 150 cm³/mol. The molecule has 0 radical (unpaired) electrons. The first-order valence-electron chi connectivity index (χ1n) is 13.8. The Labute approximate surface area is 224 Å². The zero-order valence-electron chi connectivity index (χ0n) is 22.3. The minimum atomic E-state index is -0.340. The molecule has 6 rings (SSSR count). The van der Waals surface area contributed by atoms with Crippen molar-refractivity contribution in [3.05, 3.63) is 107 Å². The molecule has 0 bridgehead atoms. The normalized spacial score (nSPS) is 22.1. The Morgan fingerprint density at radius 1 is 1.00 bits per heavy atom. The van der Waals surface area contributed by atoms with Crippen molar-refractivity contribution in [2.45, 2.75) is 50.1 Å². The van der Waals surface area contributed by atoms with Crippen LogP contribution in [0.3, 0.4) is 0 Å². The summed E-state index contributed by atoms with van der Waals surface area (Å²) in [6, 6.07) is 26.1. The number of aromatic amines is 1. The van der Waals surface area contributed by atoms with Crippen molar-refractivity contribution in [2.75, 3.05) is 20.6 Å². The summed E-state index contributed by atoms with van der Waals surface area (Å²) in [5, 5.41) is 1.28. The fourth-order valence-electron chi connectivity index (χ4n) is 7.26. The van der Waals surface area contributed by atoms with Crippen LogP contribution in [0.25, 0.3) is 10.9 Å². The van der Waals surface area contributed by atoms with Crippen molar-refractivity contribution in [2.24, 2.45) is 5.92 Å². The van der Waals surface area contributed by atoms with Crippen molar-refractivity contribution in [3.63, 3.8) is 0 Å². The molecule has 2 aliphatic rings. The molecule has 1 aliphatic carbocycles. The molecule has 1 aromatic heterocycles. The Morgan fingerprint density at radius 2 is 1.68 bits per heavy atom. The number of nitrogens with one attached hydrogen (secondary N) is 1. The summed E-state index contributed by atoms with van der Waals surface area (Å²) in [5.74, 6) is 0.374. The van der Waals surface area contributed by atoms with Gasteiger partial charge in [0.2, 0.25) is 5.91 Å². The molecule has 4 nitrogen and oxygen atoms in total. The zero-order chi connectivity index (χ0) is 26.3. The van der Waals surface area contributed by atoms with Gasteiger partial charge >= 0.3 is 0 Å². The van der Waals surface area contributed by atoms with Gasteiger partial charge in [-0.25, -0.2) is 4.39 Å². The Kier molecular flexibility index (Phi) is 6.56. The van der Waals surface area contributed by atoms with E-state index in [0.717, 1.165) is 49.7 Å². The minimum Gasteiger partial charge on any atom is -0.356 e. The zero-order valence-corrected chi connectivity index (χ0v) is 22.3. The summed E-state index contributed by atoms with van der Waals surface area (Å²) in [6.07, 6.45) is 5.11. The number of para-hydroxylation sites is 1. The Bertz CT molecular complexity index is 1420. The summed E-state index contributed by atoms with van der Waals surface area (Å²) >= 11 is 0. The van der Waals surface area contributed by atoms with Crippen LogP contribution in [0.4, 0.5) is 4.39 Å². The molecular weight excluding hydrogens is 473 g/mol. The van der Waals surface area contributed by atoms with Crippen LogP contribution in [0.1, 0.15) is 54.1 Å². The molecule has 1 amide bonds. The lowest BCUT2D eigenvalue weighted by molar-refractivity contribution is -0.141. The molecule has 1 aliphatic heterocycles. The number of fused-ring (bicyclic) bond motifs is 4. The summed E-state index contributed by atoms with van der Waals surface area (Å²) in [7, 11) is 4.36. The number of benzene rings is 3. The van der Waals surface area contributed by atoms with Crippen LogP contribution >= 0.6 is 0 Å². The molecule has 1 unspecified atom stereocenters. The smallest absolute Gasteiger partial charge is 0.227 e. The second kappa shape index (κ2) is 10.0. The standard InChI is InChI=1S/C33H36FN3O/c1-36(2)31(24-8-4-3-5-9-24)25-16-19-33(20-17-25)32-28(27-10-6-7-11-29(27)35-32)18-21-37(33)30(38)22-23-12-14-26(34)15-13-23/h3-15,25,31,35H,16-22H2,1-2H3. The predicted octanol–water partition coefficient (Wildman–Crippen LogP) is 6.62. The summed E-state index contributed by atoms with van der Waals surface area (Å²) in [5.41, 5.74) is 5.64. The van der Waals surface area contributed by atoms with Crippen molar-refractivity contribution in [1.29, 1.82) is 0 Å². The van der Waals surface area contributed by atoms with E-state index in [-0.39, 0.29) is 17.3 Å². The van der Waals surface area contributed by atoms with Crippen LogP contribution in [-0.2, 0) is 23.2 Å². The highest BCUT2D eigenvalue weighted by Gasteiger charge is 2.49. The molecule has 1 fully saturated rings. The maximum Gasteiger partial charge on any atom is 0.227 e. The minimum absolute atomic E-state index is 0.131. The van der Waals surface area contributed by atoms with Gasteiger partial charge in [-0.05, 0) is 87.0 Å². The maximum absolute atomic E-state index is 13.9. The van der Waals surface area contributed by atoms with Crippen LogP contribution in [0, 0.1) is 11.7 Å². The van der Waals surface area contributed by atoms with Crippen molar-refractivity contribution >= 4 is 16.8 Å². The van der Waals surface area contributed by atoms with E-state index in [1.54, 1.807) is 12.1 Å². The third-order valence-corrected chi connectivity index (χ3v) is 8.95. The van der Waals surface area contributed by atoms with Gasteiger partial charge in [0.05, 0.1) is 12.0 Å². The van der Waals surface area contributed by atoms with E-state index in [1.807, 2.05) is 0 Å². The van der Waals surface area contributed by atoms with Gasteiger partial charge in [0.1, 0.15) is 5.82 Å². The molecule has 3 aromatic carbocycles. The number of nitrogens with zero attached hydrogens (tertiary/aromatic N) is 2. The van der Waals surface area contributed by atoms with Gasteiger partial charge in [0, 0.05) is 29.2 Å². The first-order chi connectivity index (χ1) is 18.5. The molecule has 1 saturated carbocycles.